The van der Waals surface area contributed by atoms with E-state index in [1.54, 1.807) is 0 Å². The van der Waals surface area contributed by atoms with Crippen LogP contribution < -0.4 is 5.73 Å². The van der Waals surface area contributed by atoms with Crippen molar-refractivity contribution in [2.45, 2.75) is 31.8 Å². The largest absolute Gasteiger partial charge is 0.393 e. The van der Waals surface area contributed by atoms with Gasteiger partial charge in [0, 0.05) is 0 Å². The molecule has 0 aromatic rings. The molecule has 2 heteroatoms. The third kappa shape index (κ3) is 1.66. The van der Waals surface area contributed by atoms with Gasteiger partial charge in [0.2, 0.25) is 0 Å². The molecule has 9 heavy (non-hydrogen) atoms. The molecule has 0 saturated heterocycles. The third-order valence-electron chi connectivity index (χ3n) is 2.17. The SMILES string of the molecule is NCC1CCCC[C@H]1O. The number of nitrogens with two attached hydrogens (primary N) is 1. The van der Waals surface area contributed by atoms with Gasteiger partial charge in [0.1, 0.15) is 0 Å². The lowest BCUT2D eigenvalue weighted by molar-refractivity contribution is 0.0743. The molecule has 3 N–H and O–H groups in total. The third-order valence-corrected chi connectivity index (χ3v) is 2.17. The Labute approximate surface area is 56.1 Å². The molecule has 0 spiro atoms. The van der Waals surface area contributed by atoms with Gasteiger partial charge in [-0.15, -0.1) is 0 Å². The summed E-state index contributed by atoms with van der Waals surface area (Å²) in [6, 6.07) is 0. The van der Waals surface area contributed by atoms with Crippen LogP contribution in [0.2, 0.25) is 0 Å². The minimum atomic E-state index is -0.108. The molecule has 0 amide bonds. The Bertz CT molecular complexity index is 85.0. The Morgan fingerprint density at radius 2 is 2.00 bits per heavy atom. The van der Waals surface area contributed by atoms with E-state index >= 15 is 0 Å². The molecule has 1 aliphatic carbocycles. The second-order valence-corrected chi connectivity index (χ2v) is 2.85. The first-order chi connectivity index (χ1) is 4.34. The molecule has 0 bridgehead atoms. The first-order valence-electron chi connectivity index (χ1n) is 3.72. The van der Waals surface area contributed by atoms with E-state index in [9.17, 15) is 5.11 Å². The lowest BCUT2D eigenvalue weighted by Gasteiger charge is -2.25. The van der Waals surface area contributed by atoms with Gasteiger partial charge >= 0.3 is 0 Å². The molecule has 1 saturated carbocycles. The van der Waals surface area contributed by atoms with Gasteiger partial charge in [-0.2, -0.15) is 0 Å². The first-order valence-corrected chi connectivity index (χ1v) is 3.72. The Morgan fingerprint density at radius 1 is 1.33 bits per heavy atom. The maximum Gasteiger partial charge on any atom is 0.0580 e. The quantitative estimate of drug-likeness (QED) is 0.541. The van der Waals surface area contributed by atoms with Crippen molar-refractivity contribution in [1.82, 2.24) is 0 Å². The summed E-state index contributed by atoms with van der Waals surface area (Å²) in [5.41, 5.74) is 5.43. The molecule has 0 heterocycles. The van der Waals surface area contributed by atoms with E-state index in [1.807, 2.05) is 0 Å². The van der Waals surface area contributed by atoms with Crippen molar-refractivity contribution in [2.24, 2.45) is 11.7 Å². The molecule has 0 aromatic carbocycles. The van der Waals surface area contributed by atoms with Crippen LogP contribution in [0.3, 0.4) is 0 Å². The van der Waals surface area contributed by atoms with E-state index in [0.717, 1.165) is 12.8 Å². The predicted molar refractivity (Wildman–Crippen MR) is 37.0 cm³/mol. The van der Waals surface area contributed by atoms with Gasteiger partial charge in [0.15, 0.2) is 0 Å². The molecule has 1 aliphatic rings. The van der Waals surface area contributed by atoms with Crippen LogP contribution in [0.5, 0.6) is 0 Å². The van der Waals surface area contributed by atoms with Crippen LogP contribution in [-0.2, 0) is 0 Å². The molecule has 2 atom stereocenters. The minimum Gasteiger partial charge on any atom is -0.393 e. The monoisotopic (exact) mass is 129 g/mol. The van der Waals surface area contributed by atoms with Crippen molar-refractivity contribution in [2.75, 3.05) is 6.54 Å². The number of hydrogen-bond acceptors (Lipinski definition) is 2. The van der Waals surface area contributed by atoms with Crippen LogP contribution in [0.1, 0.15) is 25.7 Å². The van der Waals surface area contributed by atoms with E-state index < -0.39 is 0 Å². The fourth-order valence-corrected chi connectivity index (χ4v) is 1.46. The van der Waals surface area contributed by atoms with E-state index in [-0.39, 0.29) is 6.10 Å². The van der Waals surface area contributed by atoms with Gasteiger partial charge in [-0.25, -0.2) is 0 Å². The molecular formula is C7H15NO. The average molecular weight is 129 g/mol. The van der Waals surface area contributed by atoms with E-state index in [1.165, 1.54) is 12.8 Å². The fourth-order valence-electron chi connectivity index (χ4n) is 1.46. The molecule has 54 valence electrons. The van der Waals surface area contributed by atoms with Gasteiger partial charge < -0.3 is 10.8 Å². The van der Waals surface area contributed by atoms with E-state index in [2.05, 4.69) is 0 Å². The molecule has 1 fully saturated rings. The number of rotatable bonds is 1. The summed E-state index contributed by atoms with van der Waals surface area (Å²) in [6.45, 7) is 0.654. The molecular weight excluding hydrogens is 114 g/mol. The van der Waals surface area contributed by atoms with Crippen molar-refractivity contribution >= 4 is 0 Å². The smallest absolute Gasteiger partial charge is 0.0580 e. The molecule has 0 aliphatic heterocycles. The standard InChI is InChI=1S/C7H15NO/c8-5-6-3-1-2-4-7(6)9/h6-7,9H,1-5,8H2/t6?,7-/m1/s1. The zero-order valence-corrected chi connectivity index (χ0v) is 5.71. The van der Waals surface area contributed by atoms with Gasteiger partial charge in [0.05, 0.1) is 6.10 Å². The summed E-state index contributed by atoms with van der Waals surface area (Å²) >= 11 is 0. The van der Waals surface area contributed by atoms with E-state index in [0.29, 0.717) is 12.5 Å². The van der Waals surface area contributed by atoms with Crippen LogP contribution in [0.15, 0.2) is 0 Å². The Hall–Kier alpha value is -0.0800. The zero-order valence-electron chi connectivity index (χ0n) is 5.71. The maximum atomic E-state index is 9.29. The normalized spacial score (nSPS) is 36.7. The summed E-state index contributed by atoms with van der Waals surface area (Å²) in [7, 11) is 0. The Kier molecular flexibility index (Phi) is 2.49. The van der Waals surface area contributed by atoms with Crippen LogP contribution in [0.4, 0.5) is 0 Å². The molecule has 2 nitrogen and oxygen atoms in total. The number of hydrogen-bond donors (Lipinski definition) is 2. The second kappa shape index (κ2) is 3.18. The van der Waals surface area contributed by atoms with Crippen LogP contribution in [0, 0.1) is 5.92 Å². The van der Waals surface area contributed by atoms with Crippen molar-refractivity contribution in [3.63, 3.8) is 0 Å². The summed E-state index contributed by atoms with van der Waals surface area (Å²) in [4.78, 5) is 0. The molecule has 1 rings (SSSR count). The van der Waals surface area contributed by atoms with E-state index in [4.69, 9.17) is 5.73 Å². The second-order valence-electron chi connectivity index (χ2n) is 2.85. The Morgan fingerprint density at radius 3 is 2.44 bits per heavy atom. The highest BCUT2D eigenvalue weighted by atomic mass is 16.3. The summed E-state index contributed by atoms with van der Waals surface area (Å²) < 4.78 is 0. The highest BCUT2D eigenvalue weighted by Gasteiger charge is 2.20. The van der Waals surface area contributed by atoms with Crippen LogP contribution in [0.25, 0.3) is 0 Å². The predicted octanol–water partition coefficient (Wildman–Crippen LogP) is 0.496. The number of aliphatic hydroxyl groups is 1. The Balaban J connectivity index is 2.30. The van der Waals surface area contributed by atoms with Crippen molar-refractivity contribution in [3.8, 4) is 0 Å². The molecule has 0 radical (unpaired) electrons. The number of aliphatic hydroxyl groups excluding tert-OH is 1. The summed E-state index contributed by atoms with van der Waals surface area (Å²) in [5.74, 6) is 0.388. The maximum absolute atomic E-state index is 9.29. The minimum absolute atomic E-state index is 0.108. The first kappa shape index (κ1) is 7.03. The highest BCUT2D eigenvalue weighted by molar-refractivity contribution is 4.74. The van der Waals surface area contributed by atoms with Crippen LogP contribution in [-0.4, -0.2) is 17.8 Å². The van der Waals surface area contributed by atoms with Crippen molar-refractivity contribution in [3.05, 3.63) is 0 Å². The lowest BCUT2D eigenvalue weighted by atomic mass is 9.87. The topological polar surface area (TPSA) is 46.2 Å². The van der Waals surface area contributed by atoms with Gasteiger partial charge in [-0.05, 0) is 25.3 Å². The summed E-state index contributed by atoms with van der Waals surface area (Å²) in [5, 5.41) is 9.29. The summed E-state index contributed by atoms with van der Waals surface area (Å²) in [6.07, 6.45) is 4.40. The fraction of sp³-hybridized carbons (Fsp3) is 1.00. The zero-order chi connectivity index (χ0) is 6.69. The van der Waals surface area contributed by atoms with Gasteiger partial charge in [0.25, 0.3) is 0 Å². The van der Waals surface area contributed by atoms with Crippen molar-refractivity contribution < 1.29 is 5.11 Å². The van der Waals surface area contributed by atoms with Crippen LogP contribution >= 0.6 is 0 Å². The van der Waals surface area contributed by atoms with Gasteiger partial charge in [-0.1, -0.05) is 12.8 Å². The lowest BCUT2D eigenvalue weighted by Crippen LogP contribution is -2.30. The molecule has 0 aromatic heterocycles. The average Bonchev–Trinajstić information content (AvgIpc) is 1.89. The van der Waals surface area contributed by atoms with Gasteiger partial charge in [-0.3, -0.25) is 0 Å². The highest BCUT2D eigenvalue weighted by Crippen LogP contribution is 2.22. The van der Waals surface area contributed by atoms with Crippen molar-refractivity contribution in [1.29, 1.82) is 0 Å². The molecule has 1 unspecified atom stereocenters.